The van der Waals surface area contributed by atoms with Gasteiger partial charge in [0, 0.05) is 6.54 Å². The van der Waals surface area contributed by atoms with Crippen molar-refractivity contribution in [2.75, 3.05) is 5.32 Å². The van der Waals surface area contributed by atoms with Crippen LogP contribution in [-0.2, 0) is 6.54 Å². The van der Waals surface area contributed by atoms with Crippen LogP contribution < -0.4 is 10.6 Å². The molecule has 0 aliphatic heterocycles. The molecule has 3 aromatic rings. The van der Waals surface area contributed by atoms with Crippen LogP contribution in [0.2, 0.25) is 0 Å². The van der Waals surface area contributed by atoms with E-state index in [0.717, 1.165) is 5.56 Å². The number of carbonyl (C=O) groups is 2. The molecule has 0 saturated carbocycles. The van der Waals surface area contributed by atoms with Crippen LogP contribution in [0.4, 0.5) is 14.5 Å². The summed E-state index contributed by atoms with van der Waals surface area (Å²) in [5, 5.41) is 5.28. The van der Waals surface area contributed by atoms with Crippen molar-refractivity contribution in [1.29, 1.82) is 0 Å². The van der Waals surface area contributed by atoms with Gasteiger partial charge in [-0.05, 0) is 42.0 Å². The number of benzene rings is 3. The van der Waals surface area contributed by atoms with Crippen LogP contribution in [0.3, 0.4) is 0 Å². The molecule has 0 aromatic heterocycles. The lowest BCUT2D eigenvalue weighted by molar-refractivity contribution is 0.0952. The van der Waals surface area contributed by atoms with Crippen molar-refractivity contribution in [2.45, 2.75) is 6.54 Å². The maximum Gasteiger partial charge on any atom is 0.258 e. The van der Waals surface area contributed by atoms with Crippen LogP contribution in [0.1, 0.15) is 26.3 Å². The lowest BCUT2D eigenvalue weighted by Crippen LogP contribution is -2.25. The maximum absolute atomic E-state index is 13.8. The number of hydrogen-bond donors (Lipinski definition) is 2. The van der Waals surface area contributed by atoms with Crippen LogP contribution in [0.15, 0.2) is 72.8 Å². The second kappa shape index (κ2) is 8.23. The summed E-state index contributed by atoms with van der Waals surface area (Å²) >= 11 is 0. The average molecular weight is 366 g/mol. The molecule has 0 unspecified atom stereocenters. The Morgan fingerprint density at radius 1 is 0.741 bits per heavy atom. The first-order valence-corrected chi connectivity index (χ1v) is 8.22. The highest BCUT2D eigenvalue weighted by Crippen LogP contribution is 2.17. The van der Waals surface area contributed by atoms with E-state index < -0.39 is 17.6 Å². The van der Waals surface area contributed by atoms with Crippen molar-refractivity contribution >= 4 is 17.5 Å². The molecular formula is C21H16F2N2O2. The number of anilines is 1. The van der Waals surface area contributed by atoms with E-state index in [4.69, 9.17) is 0 Å². The molecule has 2 N–H and O–H groups in total. The Kier molecular flexibility index (Phi) is 5.56. The fourth-order valence-corrected chi connectivity index (χ4v) is 2.50. The second-order valence-corrected chi connectivity index (χ2v) is 5.79. The minimum absolute atomic E-state index is 0.112. The average Bonchev–Trinajstić information content (AvgIpc) is 2.68. The van der Waals surface area contributed by atoms with Crippen molar-refractivity contribution in [3.05, 3.63) is 101 Å². The third-order valence-corrected chi connectivity index (χ3v) is 3.90. The fraction of sp³-hybridized carbons (Fsp3) is 0.0476. The standard InChI is InChI=1S/C21H16F2N2O2/c22-15-11-9-14(10-12-15)13-24-20(26)17-6-2-4-8-19(17)25-21(27)16-5-1-3-7-18(16)23/h1-12H,13H2,(H,24,26)(H,25,27). The molecule has 136 valence electrons. The van der Waals surface area contributed by atoms with Crippen molar-refractivity contribution in [1.82, 2.24) is 5.32 Å². The van der Waals surface area contributed by atoms with Gasteiger partial charge < -0.3 is 10.6 Å². The Morgan fingerprint density at radius 3 is 2.07 bits per heavy atom. The topological polar surface area (TPSA) is 58.2 Å². The predicted octanol–water partition coefficient (Wildman–Crippen LogP) is 4.15. The lowest BCUT2D eigenvalue weighted by Gasteiger charge is -2.12. The highest BCUT2D eigenvalue weighted by atomic mass is 19.1. The van der Waals surface area contributed by atoms with E-state index in [9.17, 15) is 18.4 Å². The molecular weight excluding hydrogens is 350 g/mol. The second-order valence-electron chi connectivity index (χ2n) is 5.79. The maximum atomic E-state index is 13.8. The van der Waals surface area contributed by atoms with Gasteiger partial charge in [0.2, 0.25) is 0 Å². The van der Waals surface area contributed by atoms with E-state index in [-0.39, 0.29) is 29.2 Å². The third-order valence-electron chi connectivity index (χ3n) is 3.90. The number of para-hydroxylation sites is 1. The van der Waals surface area contributed by atoms with E-state index in [1.54, 1.807) is 42.5 Å². The van der Waals surface area contributed by atoms with Crippen LogP contribution in [0, 0.1) is 11.6 Å². The number of hydrogen-bond acceptors (Lipinski definition) is 2. The minimum Gasteiger partial charge on any atom is -0.348 e. The molecule has 3 aromatic carbocycles. The van der Waals surface area contributed by atoms with Gasteiger partial charge in [0.1, 0.15) is 11.6 Å². The van der Waals surface area contributed by atoms with Crippen molar-refractivity contribution in [3.63, 3.8) is 0 Å². The SMILES string of the molecule is O=C(Nc1ccccc1C(=O)NCc1ccc(F)cc1)c1ccccc1F. The highest BCUT2D eigenvalue weighted by Gasteiger charge is 2.16. The number of carbonyl (C=O) groups excluding carboxylic acids is 2. The van der Waals surface area contributed by atoms with Gasteiger partial charge in [0.15, 0.2) is 0 Å². The quantitative estimate of drug-likeness (QED) is 0.713. The molecule has 0 fully saturated rings. The summed E-state index contributed by atoms with van der Waals surface area (Å²) in [4.78, 5) is 24.8. The van der Waals surface area contributed by atoms with Gasteiger partial charge in [-0.2, -0.15) is 0 Å². The Bertz CT molecular complexity index is 972. The molecule has 3 rings (SSSR count). The normalized spacial score (nSPS) is 10.3. The van der Waals surface area contributed by atoms with Gasteiger partial charge >= 0.3 is 0 Å². The molecule has 0 radical (unpaired) electrons. The van der Waals surface area contributed by atoms with Crippen LogP contribution in [-0.4, -0.2) is 11.8 Å². The molecule has 2 amide bonds. The van der Waals surface area contributed by atoms with Crippen molar-refractivity contribution in [3.8, 4) is 0 Å². The summed E-state index contributed by atoms with van der Waals surface area (Å²) in [6, 6.07) is 17.8. The van der Waals surface area contributed by atoms with Crippen molar-refractivity contribution < 1.29 is 18.4 Å². The molecule has 4 nitrogen and oxygen atoms in total. The summed E-state index contributed by atoms with van der Waals surface area (Å²) in [6.07, 6.45) is 0. The highest BCUT2D eigenvalue weighted by molar-refractivity contribution is 6.09. The molecule has 6 heteroatoms. The van der Waals surface area contributed by atoms with Gasteiger partial charge in [-0.3, -0.25) is 9.59 Å². The first-order valence-electron chi connectivity index (χ1n) is 8.22. The van der Waals surface area contributed by atoms with E-state index in [1.807, 2.05) is 0 Å². The lowest BCUT2D eigenvalue weighted by atomic mass is 10.1. The van der Waals surface area contributed by atoms with E-state index in [2.05, 4.69) is 10.6 Å². The third kappa shape index (κ3) is 4.55. The molecule has 0 heterocycles. The van der Waals surface area contributed by atoms with E-state index >= 15 is 0 Å². The minimum atomic E-state index is -0.646. The molecule has 0 aliphatic rings. The monoisotopic (exact) mass is 366 g/mol. The Labute approximate surface area is 154 Å². The van der Waals surface area contributed by atoms with Crippen LogP contribution in [0.25, 0.3) is 0 Å². The Balaban J connectivity index is 1.73. The van der Waals surface area contributed by atoms with Gasteiger partial charge in [-0.1, -0.05) is 36.4 Å². The van der Waals surface area contributed by atoms with Gasteiger partial charge in [-0.15, -0.1) is 0 Å². The molecule has 27 heavy (non-hydrogen) atoms. The smallest absolute Gasteiger partial charge is 0.258 e. The fourth-order valence-electron chi connectivity index (χ4n) is 2.50. The zero-order valence-electron chi connectivity index (χ0n) is 14.2. The predicted molar refractivity (Wildman–Crippen MR) is 98.4 cm³/mol. The van der Waals surface area contributed by atoms with Crippen molar-refractivity contribution in [2.24, 2.45) is 0 Å². The first-order chi connectivity index (χ1) is 13.0. The summed E-state index contributed by atoms with van der Waals surface area (Å²) in [6.45, 7) is 0.203. The molecule has 0 atom stereocenters. The zero-order valence-corrected chi connectivity index (χ0v) is 14.2. The number of rotatable bonds is 5. The molecule has 0 aliphatic carbocycles. The summed E-state index contributed by atoms with van der Waals surface area (Å²) in [5.74, 6) is -2.06. The molecule has 0 spiro atoms. The van der Waals surface area contributed by atoms with Crippen LogP contribution >= 0.6 is 0 Å². The van der Waals surface area contributed by atoms with E-state index in [0.29, 0.717) is 0 Å². The molecule has 0 saturated heterocycles. The summed E-state index contributed by atoms with van der Waals surface area (Å²) < 4.78 is 26.7. The largest absolute Gasteiger partial charge is 0.348 e. The number of amides is 2. The first kappa shape index (κ1) is 18.3. The van der Waals surface area contributed by atoms with Crippen LogP contribution in [0.5, 0.6) is 0 Å². The Hall–Kier alpha value is -3.54. The summed E-state index contributed by atoms with van der Waals surface area (Å²) in [5.41, 5.74) is 1.13. The van der Waals surface area contributed by atoms with Gasteiger partial charge in [0.05, 0.1) is 16.8 Å². The zero-order chi connectivity index (χ0) is 19.2. The number of nitrogens with one attached hydrogen (secondary N) is 2. The number of halogens is 2. The van der Waals surface area contributed by atoms with Gasteiger partial charge in [-0.25, -0.2) is 8.78 Å². The van der Waals surface area contributed by atoms with E-state index in [1.165, 1.54) is 30.3 Å². The Morgan fingerprint density at radius 2 is 1.37 bits per heavy atom. The van der Waals surface area contributed by atoms with Gasteiger partial charge in [0.25, 0.3) is 11.8 Å². The molecule has 0 bridgehead atoms. The summed E-state index contributed by atoms with van der Waals surface area (Å²) in [7, 11) is 0.